The molecule has 3 aromatic heterocycles. The summed E-state index contributed by atoms with van der Waals surface area (Å²) in [5.74, 6) is -7.54. The Bertz CT molecular complexity index is 1290. The van der Waals surface area contributed by atoms with Gasteiger partial charge in [0.15, 0.2) is 29.0 Å². The Morgan fingerprint density at radius 2 is 1.84 bits per heavy atom. The highest BCUT2D eigenvalue weighted by molar-refractivity contribution is 5.98. The summed E-state index contributed by atoms with van der Waals surface area (Å²) < 4.78 is 96.2. The minimum absolute atomic E-state index is 0.0552. The maximum Gasteiger partial charge on any atom is 0.417 e. The van der Waals surface area contributed by atoms with Gasteiger partial charge in [0.2, 0.25) is 0 Å². The van der Waals surface area contributed by atoms with E-state index in [-0.39, 0.29) is 29.7 Å². The zero-order chi connectivity index (χ0) is 27.1. The maximum absolute atomic E-state index is 14.5. The molecule has 1 fully saturated rings. The molecule has 2 atom stereocenters. The molecule has 0 bridgehead atoms. The predicted molar refractivity (Wildman–Crippen MR) is 115 cm³/mol. The van der Waals surface area contributed by atoms with Gasteiger partial charge >= 0.3 is 6.18 Å². The molecule has 0 aromatic carbocycles. The first-order valence-corrected chi connectivity index (χ1v) is 10.9. The number of halogens is 7. The smallest absolute Gasteiger partial charge is 0.366 e. The molecule has 0 unspecified atom stereocenters. The van der Waals surface area contributed by atoms with Crippen molar-refractivity contribution in [3.63, 3.8) is 0 Å². The van der Waals surface area contributed by atoms with Crippen LogP contribution in [0.15, 0.2) is 30.9 Å². The summed E-state index contributed by atoms with van der Waals surface area (Å²) in [5.41, 5.74) is -1.47. The van der Waals surface area contributed by atoms with E-state index in [1.165, 1.54) is 24.9 Å². The lowest BCUT2D eigenvalue weighted by Crippen LogP contribution is -2.57. The Kier molecular flexibility index (Phi) is 6.81. The van der Waals surface area contributed by atoms with Crippen LogP contribution in [-0.4, -0.2) is 60.6 Å². The van der Waals surface area contributed by atoms with E-state index in [0.717, 1.165) is 17.3 Å². The summed E-state index contributed by atoms with van der Waals surface area (Å²) in [6.07, 6.45) is -1.82. The van der Waals surface area contributed by atoms with Crippen molar-refractivity contribution < 1.29 is 35.5 Å². The standard InChI is InChI=1S/C22H20F7N7O/c1-11-4-21(25,26)10-36(16(11)8-33-19-15(24)3-12(5-30-19)22(27,28)29)20(37)17-14(9-35(2)34-17)18-31-6-13(23)7-32-18/h3,5-7,9,11,16H,4,8,10H2,1-2H3,(H,30,33)/t11-,16-/m1/s1. The molecule has 15 heteroatoms. The molecule has 1 saturated heterocycles. The van der Waals surface area contributed by atoms with E-state index in [1.807, 2.05) is 0 Å². The van der Waals surface area contributed by atoms with Gasteiger partial charge in [-0.25, -0.2) is 32.5 Å². The highest BCUT2D eigenvalue weighted by atomic mass is 19.4. The summed E-state index contributed by atoms with van der Waals surface area (Å²) in [4.78, 5) is 25.5. The number of piperidine rings is 1. The highest BCUT2D eigenvalue weighted by Crippen LogP contribution is 2.36. The largest absolute Gasteiger partial charge is 0.417 e. The number of pyridine rings is 1. The lowest BCUT2D eigenvalue weighted by molar-refractivity contribution is -0.138. The van der Waals surface area contributed by atoms with Gasteiger partial charge in [-0.1, -0.05) is 6.92 Å². The first-order chi connectivity index (χ1) is 17.2. The second kappa shape index (κ2) is 9.59. The Morgan fingerprint density at radius 1 is 1.16 bits per heavy atom. The van der Waals surface area contributed by atoms with Crippen LogP contribution in [0, 0.1) is 17.6 Å². The van der Waals surface area contributed by atoms with E-state index in [0.29, 0.717) is 6.20 Å². The molecule has 0 saturated carbocycles. The first kappa shape index (κ1) is 26.3. The zero-order valence-electron chi connectivity index (χ0n) is 19.4. The van der Waals surface area contributed by atoms with Crippen LogP contribution in [0.3, 0.4) is 0 Å². The van der Waals surface area contributed by atoms with E-state index >= 15 is 0 Å². The van der Waals surface area contributed by atoms with Crippen molar-refractivity contribution in [2.75, 3.05) is 18.4 Å². The average Bonchev–Trinajstić information content (AvgIpc) is 3.19. The number of hydrogen-bond donors (Lipinski definition) is 1. The summed E-state index contributed by atoms with van der Waals surface area (Å²) in [5, 5.41) is 6.59. The molecule has 4 rings (SSSR count). The molecule has 0 radical (unpaired) electrons. The molecule has 0 aliphatic carbocycles. The van der Waals surface area contributed by atoms with Gasteiger partial charge in [-0.3, -0.25) is 9.48 Å². The third-order valence-corrected chi connectivity index (χ3v) is 5.88. The molecule has 0 spiro atoms. The second-order valence-electron chi connectivity index (χ2n) is 8.76. The summed E-state index contributed by atoms with van der Waals surface area (Å²) in [7, 11) is 1.48. The van der Waals surface area contributed by atoms with E-state index in [1.54, 1.807) is 0 Å². The van der Waals surface area contributed by atoms with Crippen LogP contribution in [0.1, 0.15) is 29.4 Å². The Morgan fingerprint density at radius 3 is 2.46 bits per heavy atom. The zero-order valence-corrected chi connectivity index (χ0v) is 19.4. The number of aromatic nitrogens is 5. The van der Waals surface area contributed by atoms with E-state index in [9.17, 15) is 35.5 Å². The third kappa shape index (κ3) is 5.64. The molecule has 8 nitrogen and oxygen atoms in total. The fraction of sp³-hybridized carbons (Fsp3) is 0.409. The third-order valence-electron chi connectivity index (χ3n) is 5.88. The normalized spacial score (nSPS) is 19.6. The molecule has 37 heavy (non-hydrogen) atoms. The molecule has 3 aromatic rings. The summed E-state index contributed by atoms with van der Waals surface area (Å²) in [6, 6.07) is -0.667. The average molecular weight is 531 g/mol. The molecular formula is C22H20F7N7O. The van der Waals surface area contributed by atoms with E-state index in [2.05, 4.69) is 25.4 Å². The van der Waals surface area contributed by atoms with Gasteiger partial charge in [0.05, 0.1) is 36.1 Å². The number of likely N-dealkylation sites (tertiary alicyclic amines) is 1. The predicted octanol–water partition coefficient (Wildman–Crippen LogP) is 4.17. The van der Waals surface area contributed by atoms with Gasteiger partial charge in [0.25, 0.3) is 11.8 Å². The number of aryl methyl sites for hydroxylation is 1. The van der Waals surface area contributed by atoms with Gasteiger partial charge in [-0.05, 0) is 12.0 Å². The monoisotopic (exact) mass is 531 g/mol. The molecule has 198 valence electrons. The molecule has 1 amide bonds. The van der Waals surface area contributed by atoms with Gasteiger partial charge < -0.3 is 10.2 Å². The maximum atomic E-state index is 14.5. The topological polar surface area (TPSA) is 88.8 Å². The van der Waals surface area contributed by atoms with Crippen LogP contribution < -0.4 is 5.32 Å². The number of anilines is 1. The Labute approximate surface area is 205 Å². The van der Waals surface area contributed by atoms with Crippen molar-refractivity contribution >= 4 is 11.7 Å². The molecule has 4 heterocycles. The van der Waals surface area contributed by atoms with Crippen molar-refractivity contribution in [2.45, 2.75) is 31.5 Å². The lowest BCUT2D eigenvalue weighted by Gasteiger charge is -2.43. The van der Waals surface area contributed by atoms with Crippen molar-refractivity contribution in [2.24, 2.45) is 13.0 Å². The number of carbonyl (C=O) groups excluding carboxylic acids is 1. The van der Waals surface area contributed by atoms with Crippen LogP contribution in [0.25, 0.3) is 11.4 Å². The number of alkyl halides is 5. The van der Waals surface area contributed by atoms with Gasteiger partial charge in [0.1, 0.15) is 0 Å². The quantitative estimate of drug-likeness (QED) is 0.498. The van der Waals surface area contributed by atoms with Crippen molar-refractivity contribution in [3.8, 4) is 11.4 Å². The highest BCUT2D eigenvalue weighted by Gasteiger charge is 2.47. The first-order valence-electron chi connectivity index (χ1n) is 10.9. The molecule has 1 aliphatic heterocycles. The van der Waals surface area contributed by atoms with Crippen LogP contribution in [0.4, 0.5) is 36.6 Å². The molecular weight excluding hydrogens is 511 g/mol. The number of nitrogens with one attached hydrogen (secondary N) is 1. The minimum atomic E-state index is -4.80. The fourth-order valence-electron chi connectivity index (χ4n) is 4.20. The Hall–Kier alpha value is -3.78. The van der Waals surface area contributed by atoms with Crippen molar-refractivity contribution in [1.82, 2.24) is 29.6 Å². The number of carbonyl (C=O) groups is 1. The molecule has 1 aliphatic rings. The molecule has 1 N–H and O–H groups in total. The van der Waals surface area contributed by atoms with E-state index in [4.69, 9.17) is 0 Å². The summed E-state index contributed by atoms with van der Waals surface area (Å²) >= 11 is 0. The van der Waals surface area contributed by atoms with Crippen LogP contribution >= 0.6 is 0 Å². The van der Waals surface area contributed by atoms with Crippen molar-refractivity contribution in [1.29, 1.82) is 0 Å². The second-order valence-corrected chi connectivity index (χ2v) is 8.76. The number of rotatable bonds is 5. The van der Waals surface area contributed by atoms with Gasteiger partial charge in [0, 0.05) is 32.4 Å². The Balaban J connectivity index is 1.63. The van der Waals surface area contributed by atoms with E-state index < -0.39 is 65.9 Å². The number of hydrogen-bond acceptors (Lipinski definition) is 6. The van der Waals surface area contributed by atoms with Gasteiger partial charge in [-0.15, -0.1) is 0 Å². The van der Waals surface area contributed by atoms with Crippen molar-refractivity contribution in [3.05, 3.63) is 53.7 Å². The van der Waals surface area contributed by atoms with Crippen LogP contribution in [-0.2, 0) is 13.2 Å². The summed E-state index contributed by atoms with van der Waals surface area (Å²) in [6.45, 7) is 0.206. The van der Waals surface area contributed by atoms with Gasteiger partial charge in [-0.2, -0.15) is 18.3 Å². The van der Waals surface area contributed by atoms with Crippen LogP contribution in [0.5, 0.6) is 0 Å². The number of nitrogens with zero attached hydrogens (tertiary/aromatic N) is 6. The SMILES string of the molecule is C[C@@H]1CC(F)(F)CN(C(=O)c2nn(C)cc2-c2ncc(F)cn2)[C@@H]1CNc1ncc(C(F)(F)F)cc1F. The lowest BCUT2D eigenvalue weighted by atomic mass is 9.88. The fourth-order valence-corrected chi connectivity index (χ4v) is 4.20. The minimum Gasteiger partial charge on any atom is -0.366 e. The van der Waals surface area contributed by atoms with Crippen LogP contribution in [0.2, 0.25) is 0 Å². The number of amides is 1.